The third-order valence-electron chi connectivity index (χ3n) is 6.63. The molecule has 1 aliphatic heterocycles. The Balaban J connectivity index is 1.43. The Bertz CT molecular complexity index is 1430. The van der Waals surface area contributed by atoms with Gasteiger partial charge in [0, 0.05) is 27.7 Å². The number of carbonyl (C=O) groups is 3. The predicted octanol–water partition coefficient (Wildman–Crippen LogP) is 7.22. The summed E-state index contributed by atoms with van der Waals surface area (Å²) < 4.78 is 0. The molecule has 214 valence electrons. The average molecular weight is 593 g/mol. The van der Waals surface area contributed by atoms with Gasteiger partial charge in [-0.15, -0.1) is 11.8 Å². The molecule has 3 amide bonds. The number of carboxylic acids is 1. The van der Waals surface area contributed by atoms with Crippen molar-refractivity contribution in [1.82, 2.24) is 5.43 Å². The number of thioether (sulfide) groups is 1. The van der Waals surface area contributed by atoms with Crippen LogP contribution in [0.4, 0.5) is 16.2 Å². The maximum absolute atomic E-state index is 13.4. The number of aromatic carboxylic acids is 1. The van der Waals surface area contributed by atoms with E-state index in [-0.39, 0.29) is 17.2 Å². The maximum Gasteiger partial charge on any atom is 0.339 e. The number of unbranched alkanes of at least 4 members (excludes halogenated alkanes) is 3. The van der Waals surface area contributed by atoms with Crippen LogP contribution in [0, 0.1) is 0 Å². The number of nitrogens with one attached hydrogen (secondary N) is 2. The van der Waals surface area contributed by atoms with E-state index in [1.807, 2.05) is 30.3 Å². The number of hydrogen-bond acceptors (Lipinski definition) is 5. The van der Waals surface area contributed by atoms with Crippen LogP contribution >= 0.6 is 23.4 Å². The van der Waals surface area contributed by atoms with Crippen molar-refractivity contribution in [3.8, 4) is 0 Å². The van der Waals surface area contributed by atoms with E-state index in [2.05, 4.69) is 22.8 Å². The van der Waals surface area contributed by atoms with Gasteiger partial charge in [-0.25, -0.2) is 15.0 Å². The summed E-state index contributed by atoms with van der Waals surface area (Å²) in [4.78, 5) is 39.7. The number of nitrogens with zero attached hydrogens (tertiary/aromatic N) is 2. The van der Waals surface area contributed by atoms with Crippen LogP contribution in [-0.2, 0) is 11.2 Å². The van der Waals surface area contributed by atoms with E-state index in [4.69, 9.17) is 16.7 Å². The number of rotatable bonds is 13. The van der Waals surface area contributed by atoms with Crippen molar-refractivity contribution in [3.63, 3.8) is 0 Å². The summed E-state index contributed by atoms with van der Waals surface area (Å²) in [6.07, 6.45) is 5.88. The number of fused-ring (bicyclic) bond motifs is 1. The van der Waals surface area contributed by atoms with Crippen LogP contribution in [0.1, 0.15) is 60.5 Å². The van der Waals surface area contributed by atoms with Gasteiger partial charge in [0.1, 0.15) is 0 Å². The zero-order chi connectivity index (χ0) is 29.2. The molecule has 3 aromatic rings. The predicted molar refractivity (Wildman–Crippen MR) is 166 cm³/mol. The summed E-state index contributed by atoms with van der Waals surface area (Å²) in [5.41, 5.74) is 6.05. The first kappa shape index (κ1) is 30.1. The Morgan fingerprint density at radius 3 is 2.54 bits per heavy atom. The van der Waals surface area contributed by atoms with Gasteiger partial charge >= 0.3 is 12.0 Å². The maximum atomic E-state index is 13.4. The summed E-state index contributed by atoms with van der Waals surface area (Å²) in [6.45, 7) is 2.74. The van der Waals surface area contributed by atoms with Crippen LogP contribution < -0.4 is 15.6 Å². The lowest BCUT2D eigenvalue weighted by Crippen LogP contribution is -2.33. The number of halogens is 1. The second-order valence-electron chi connectivity index (χ2n) is 9.69. The third-order valence-corrected chi connectivity index (χ3v) is 7.94. The molecule has 41 heavy (non-hydrogen) atoms. The van der Waals surface area contributed by atoms with Crippen molar-refractivity contribution >= 4 is 58.4 Å². The lowest BCUT2D eigenvalue weighted by Gasteiger charge is -2.16. The molecular weight excluding hydrogens is 560 g/mol. The molecule has 10 heteroatoms. The molecule has 0 spiro atoms. The van der Waals surface area contributed by atoms with Gasteiger partial charge in [0.25, 0.3) is 5.91 Å². The topological polar surface area (TPSA) is 111 Å². The fourth-order valence-corrected chi connectivity index (χ4v) is 5.60. The van der Waals surface area contributed by atoms with Crippen LogP contribution in [0.3, 0.4) is 0 Å². The summed E-state index contributed by atoms with van der Waals surface area (Å²) in [5, 5.41) is 16.5. The number of aryl methyl sites for hydroxylation is 1. The molecule has 8 nitrogen and oxygen atoms in total. The van der Waals surface area contributed by atoms with Crippen LogP contribution in [0.2, 0.25) is 5.02 Å². The second kappa shape index (κ2) is 14.7. The van der Waals surface area contributed by atoms with Crippen molar-refractivity contribution < 1.29 is 19.5 Å². The minimum atomic E-state index is -0.929. The number of carbonyl (C=O) groups excluding carboxylic acids is 2. The molecule has 1 heterocycles. The van der Waals surface area contributed by atoms with E-state index in [0.29, 0.717) is 22.8 Å². The molecule has 0 bridgehead atoms. The molecule has 0 fully saturated rings. The summed E-state index contributed by atoms with van der Waals surface area (Å²) in [5.74, 6) is -0.311. The largest absolute Gasteiger partial charge is 0.478 e. The van der Waals surface area contributed by atoms with E-state index in [0.717, 1.165) is 60.4 Å². The lowest BCUT2D eigenvalue weighted by atomic mass is 10.1. The highest BCUT2D eigenvalue weighted by molar-refractivity contribution is 7.99. The number of amides is 3. The van der Waals surface area contributed by atoms with E-state index in [1.165, 1.54) is 0 Å². The van der Waals surface area contributed by atoms with Gasteiger partial charge in [-0.3, -0.25) is 4.79 Å². The highest BCUT2D eigenvalue weighted by Crippen LogP contribution is 2.34. The fraction of sp³-hybridized carbons (Fsp3) is 0.290. The zero-order valence-corrected chi connectivity index (χ0v) is 24.4. The molecule has 3 N–H and O–H groups in total. The van der Waals surface area contributed by atoms with Crippen molar-refractivity contribution in [3.05, 3.63) is 88.4 Å². The van der Waals surface area contributed by atoms with Crippen LogP contribution in [0.15, 0.2) is 76.7 Å². The molecule has 0 aliphatic carbocycles. The van der Waals surface area contributed by atoms with E-state index in [1.54, 1.807) is 53.1 Å². The van der Waals surface area contributed by atoms with Gasteiger partial charge in [-0.05, 0) is 79.1 Å². The normalized spacial score (nSPS) is 13.4. The monoisotopic (exact) mass is 592 g/mol. The Labute approximate surface area is 249 Å². The van der Waals surface area contributed by atoms with Crippen LogP contribution in [-0.4, -0.2) is 41.0 Å². The van der Waals surface area contributed by atoms with Crippen LogP contribution in [0.25, 0.3) is 0 Å². The van der Waals surface area contributed by atoms with Gasteiger partial charge in [0.05, 0.1) is 11.3 Å². The first-order valence-electron chi connectivity index (χ1n) is 13.7. The zero-order valence-electron chi connectivity index (χ0n) is 22.9. The number of urea groups is 1. The summed E-state index contributed by atoms with van der Waals surface area (Å²) in [7, 11) is 0. The number of carboxylic acid groups (broad SMARTS) is 1. The van der Waals surface area contributed by atoms with Gasteiger partial charge in [-0.2, -0.15) is 5.10 Å². The quantitative estimate of drug-likeness (QED) is 0.110. The van der Waals surface area contributed by atoms with E-state index in [9.17, 15) is 14.4 Å². The Morgan fingerprint density at radius 2 is 1.80 bits per heavy atom. The summed E-state index contributed by atoms with van der Waals surface area (Å²) in [6, 6.07) is 19.1. The number of hydrazone groups is 1. The Kier molecular flexibility index (Phi) is 10.8. The molecule has 0 aromatic heterocycles. The highest BCUT2D eigenvalue weighted by atomic mass is 35.5. The molecule has 3 aromatic carbocycles. The number of anilines is 2. The van der Waals surface area contributed by atoms with Gasteiger partial charge in [-0.1, -0.05) is 56.0 Å². The molecule has 0 saturated heterocycles. The Hall–Kier alpha value is -3.82. The summed E-state index contributed by atoms with van der Waals surface area (Å²) >= 11 is 7.68. The molecule has 0 saturated carbocycles. The smallest absolute Gasteiger partial charge is 0.339 e. The first-order chi connectivity index (χ1) is 19.9. The second-order valence-corrected chi connectivity index (χ2v) is 11.3. The molecular formula is C31H33ClN4O4S. The average Bonchev–Trinajstić information content (AvgIpc) is 3.22. The van der Waals surface area contributed by atoms with E-state index < -0.39 is 12.0 Å². The van der Waals surface area contributed by atoms with Gasteiger partial charge in [0.2, 0.25) is 0 Å². The SMILES string of the molecule is CCCCCCN1C(=O)/C(=N\NC(=O)Nc2cccc(Cl)c2)c2cc(SCCCc3ccc(C(=O)O)cc3)ccc21. The van der Waals surface area contributed by atoms with Gasteiger partial charge < -0.3 is 15.3 Å². The molecule has 1 aliphatic rings. The molecule has 0 unspecified atom stereocenters. The first-order valence-corrected chi connectivity index (χ1v) is 15.0. The Morgan fingerprint density at radius 1 is 1.00 bits per heavy atom. The molecule has 0 atom stereocenters. The minimum Gasteiger partial charge on any atom is -0.478 e. The lowest BCUT2D eigenvalue weighted by molar-refractivity contribution is -0.112. The number of benzene rings is 3. The minimum absolute atomic E-state index is 0.206. The fourth-order valence-electron chi connectivity index (χ4n) is 4.52. The van der Waals surface area contributed by atoms with Crippen molar-refractivity contribution in [2.24, 2.45) is 5.10 Å². The standard InChI is InChI=1S/C31H33ClN4O4S/c1-2-3-4-5-17-36-27-16-15-25(41-18-7-8-21-11-13-22(14-12-21)30(38)39)20-26(27)28(29(36)37)34-35-31(40)33-24-10-6-9-23(32)19-24/h6,9-16,19-20H,2-5,7-8,17-18H2,1H3,(H,38,39)(H2,33,35,40)/b34-28-. The van der Waals surface area contributed by atoms with Crippen LogP contribution in [0.5, 0.6) is 0 Å². The third kappa shape index (κ3) is 8.34. The van der Waals surface area contributed by atoms with Crippen molar-refractivity contribution in [2.45, 2.75) is 50.3 Å². The highest BCUT2D eigenvalue weighted by Gasteiger charge is 2.34. The number of hydrogen-bond donors (Lipinski definition) is 3. The van der Waals surface area contributed by atoms with Crippen molar-refractivity contribution in [1.29, 1.82) is 0 Å². The molecule has 4 rings (SSSR count). The van der Waals surface area contributed by atoms with Crippen molar-refractivity contribution in [2.75, 3.05) is 22.5 Å². The van der Waals surface area contributed by atoms with E-state index >= 15 is 0 Å². The molecule has 0 radical (unpaired) electrons. The van der Waals surface area contributed by atoms with Gasteiger partial charge in [0.15, 0.2) is 5.71 Å².